The van der Waals surface area contributed by atoms with Gasteiger partial charge in [0.25, 0.3) is 5.96 Å². The SMILES string of the molecule is NC1=N\OC(=O)/C=C/C(=O)ON(c2ccc(Cl)cc2Cl)\C(N)=N\1. The summed E-state index contributed by atoms with van der Waals surface area (Å²) in [6, 6.07) is 4.35. The second-order valence-electron chi connectivity index (χ2n) is 3.96. The molecule has 1 aliphatic rings. The van der Waals surface area contributed by atoms with Crippen molar-refractivity contribution < 1.29 is 19.3 Å². The number of benzene rings is 1. The maximum atomic E-state index is 11.7. The van der Waals surface area contributed by atoms with E-state index in [-0.39, 0.29) is 16.7 Å². The summed E-state index contributed by atoms with van der Waals surface area (Å²) in [7, 11) is 0. The Morgan fingerprint density at radius 2 is 1.78 bits per heavy atom. The molecule has 0 saturated heterocycles. The first-order valence-corrected chi connectivity index (χ1v) is 6.66. The van der Waals surface area contributed by atoms with Crippen molar-refractivity contribution >= 4 is 52.7 Å². The number of carbonyl (C=O) groups is 2. The second kappa shape index (κ2) is 6.99. The van der Waals surface area contributed by atoms with E-state index in [1.165, 1.54) is 18.2 Å². The zero-order valence-corrected chi connectivity index (χ0v) is 12.8. The van der Waals surface area contributed by atoms with E-state index >= 15 is 0 Å². The fourth-order valence-electron chi connectivity index (χ4n) is 1.43. The van der Waals surface area contributed by atoms with E-state index in [1.807, 2.05) is 0 Å². The number of hydroxylamine groups is 1. The lowest BCUT2D eigenvalue weighted by atomic mass is 10.3. The van der Waals surface area contributed by atoms with Gasteiger partial charge in [-0.15, -0.1) is 5.06 Å². The number of rotatable bonds is 1. The van der Waals surface area contributed by atoms with Crippen molar-refractivity contribution in [2.24, 2.45) is 21.6 Å². The fraction of sp³-hybridized carbons (Fsp3) is 0. The van der Waals surface area contributed by atoms with Crippen LogP contribution in [-0.4, -0.2) is 23.9 Å². The third-order valence-corrected chi connectivity index (χ3v) is 2.87. The number of nitrogens with two attached hydrogens (primary N) is 2. The zero-order chi connectivity index (χ0) is 17.0. The van der Waals surface area contributed by atoms with Crippen LogP contribution < -0.4 is 16.5 Å². The molecule has 0 saturated carbocycles. The van der Waals surface area contributed by atoms with Gasteiger partial charge >= 0.3 is 11.9 Å². The molecule has 4 N–H and O–H groups in total. The van der Waals surface area contributed by atoms with Crippen LogP contribution in [0.3, 0.4) is 0 Å². The van der Waals surface area contributed by atoms with E-state index in [9.17, 15) is 9.59 Å². The third kappa shape index (κ3) is 4.34. The van der Waals surface area contributed by atoms with Gasteiger partial charge in [-0.3, -0.25) is 0 Å². The molecule has 0 aliphatic carbocycles. The Morgan fingerprint density at radius 1 is 1.09 bits per heavy atom. The highest BCUT2D eigenvalue weighted by molar-refractivity contribution is 6.36. The minimum Gasteiger partial charge on any atom is -0.367 e. The quantitative estimate of drug-likeness (QED) is 0.713. The van der Waals surface area contributed by atoms with E-state index in [4.69, 9.17) is 39.5 Å². The summed E-state index contributed by atoms with van der Waals surface area (Å²) in [4.78, 5) is 36.0. The monoisotopic (exact) mass is 357 g/mol. The molecular formula is C12H9Cl2N5O4. The lowest BCUT2D eigenvalue weighted by Crippen LogP contribution is -2.40. The van der Waals surface area contributed by atoms with Gasteiger partial charge in [-0.1, -0.05) is 23.2 Å². The van der Waals surface area contributed by atoms with Crippen molar-refractivity contribution in [3.05, 3.63) is 40.4 Å². The Hall–Kier alpha value is -2.78. The second-order valence-corrected chi connectivity index (χ2v) is 4.81. The standard InChI is InChI=1S/C12H9Cl2N5O4/c13-6-1-2-8(7(14)5-6)19-12(16)17-11(15)18-22-9(20)3-4-10(21)23-19/h1-5H,(H4,15,16,17,18)/b4-3+. The molecule has 0 fully saturated rings. The average molecular weight is 358 g/mol. The molecule has 1 aromatic rings. The zero-order valence-electron chi connectivity index (χ0n) is 11.3. The maximum Gasteiger partial charge on any atom is 0.359 e. The van der Waals surface area contributed by atoms with Gasteiger partial charge in [0, 0.05) is 17.2 Å². The summed E-state index contributed by atoms with van der Waals surface area (Å²) in [5, 5.41) is 4.53. The predicted octanol–water partition coefficient (Wildman–Crippen LogP) is 0.915. The van der Waals surface area contributed by atoms with Crippen LogP contribution in [0, 0.1) is 0 Å². The first-order chi connectivity index (χ1) is 10.9. The summed E-state index contributed by atoms with van der Waals surface area (Å²) < 4.78 is 0. The first-order valence-electron chi connectivity index (χ1n) is 5.90. The molecular weight excluding hydrogens is 349 g/mol. The van der Waals surface area contributed by atoms with Crippen LogP contribution in [0.15, 0.2) is 40.5 Å². The molecule has 0 spiro atoms. The fourth-order valence-corrected chi connectivity index (χ4v) is 1.91. The van der Waals surface area contributed by atoms with Crippen molar-refractivity contribution in [1.29, 1.82) is 0 Å². The molecule has 120 valence electrons. The lowest BCUT2D eigenvalue weighted by molar-refractivity contribution is -0.140. The molecule has 9 nitrogen and oxygen atoms in total. The number of halogens is 2. The molecule has 23 heavy (non-hydrogen) atoms. The van der Waals surface area contributed by atoms with Gasteiger partial charge in [0.05, 0.1) is 5.02 Å². The van der Waals surface area contributed by atoms with E-state index in [0.29, 0.717) is 5.02 Å². The number of aliphatic imine (C=N–C) groups is 1. The van der Waals surface area contributed by atoms with Crippen LogP contribution in [-0.2, 0) is 19.3 Å². The highest BCUT2D eigenvalue weighted by atomic mass is 35.5. The Balaban J connectivity index is 2.49. The van der Waals surface area contributed by atoms with Gasteiger partial charge in [-0.25, -0.2) is 9.59 Å². The van der Waals surface area contributed by atoms with Gasteiger partial charge < -0.3 is 21.1 Å². The lowest BCUT2D eigenvalue weighted by Gasteiger charge is -2.22. The van der Waals surface area contributed by atoms with E-state index in [0.717, 1.165) is 17.2 Å². The minimum atomic E-state index is -0.948. The molecule has 0 amide bonds. The number of hydrogen-bond donors (Lipinski definition) is 2. The molecule has 0 radical (unpaired) electrons. The minimum absolute atomic E-state index is 0.130. The van der Waals surface area contributed by atoms with Gasteiger partial charge in [0.2, 0.25) is 5.96 Å². The van der Waals surface area contributed by atoms with Crippen molar-refractivity contribution in [3.8, 4) is 0 Å². The average Bonchev–Trinajstić information content (AvgIpc) is 2.50. The molecule has 1 heterocycles. The summed E-state index contributed by atoms with van der Waals surface area (Å²) in [5.41, 5.74) is 11.3. The number of guanidine groups is 2. The summed E-state index contributed by atoms with van der Waals surface area (Å²) in [6.45, 7) is 0. The van der Waals surface area contributed by atoms with Crippen LogP contribution >= 0.6 is 23.2 Å². The summed E-state index contributed by atoms with van der Waals surface area (Å²) in [6.07, 6.45) is 1.60. The van der Waals surface area contributed by atoms with Crippen LogP contribution in [0.1, 0.15) is 0 Å². The first kappa shape index (κ1) is 16.6. The number of hydrogen-bond acceptors (Lipinski definition) is 9. The highest BCUT2D eigenvalue weighted by Gasteiger charge is 2.20. The molecule has 0 bridgehead atoms. The Labute approximate surface area is 139 Å². The molecule has 1 aliphatic heterocycles. The van der Waals surface area contributed by atoms with Crippen LogP contribution in [0.5, 0.6) is 0 Å². The van der Waals surface area contributed by atoms with Gasteiger partial charge in [-0.05, 0) is 23.4 Å². The molecule has 2 rings (SSSR count). The molecule has 0 atom stereocenters. The van der Waals surface area contributed by atoms with Crippen LogP contribution in [0.2, 0.25) is 10.0 Å². The Morgan fingerprint density at radius 3 is 2.48 bits per heavy atom. The maximum absolute atomic E-state index is 11.7. The van der Waals surface area contributed by atoms with E-state index in [2.05, 4.69) is 15.0 Å². The van der Waals surface area contributed by atoms with Gasteiger partial charge in [-0.2, -0.15) is 4.99 Å². The van der Waals surface area contributed by atoms with E-state index in [1.54, 1.807) is 0 Å². The van der Waals surface area contributed by atoms with E-state index < -0.39 is 17.9 Å². The van der Waals surface area contributed by atoms with Crippen molar-refractivity contribution in [2.45, 2.75) is 0 Å². The number of anilines is 1. The van der Waals surface area contributed by atoms with Crippen molar-refractivity contribution in [2.75, 3.05) is 5.06 Å². The normalized spacial score (nSPS) is 21.9. The Bertz CT molecular complexity index is 747. The molecule has 0 unspecified atom stereocenters. The largest absolute Gasteiger partial charge is 0.367 e. The summed E-state index contributed by atoms with van der Waals surface area (Å²) in [5.74, 6) is -2.74. The van der Waals surface area contributed by atoms with Crippen LogP contribution in [0.4, 0.5) is 5.69 Å². The highest BCUT2D eigenvalue weighted by Crippen LogP contribution is 2.29. The van der Waals surface area contributed by atoms with Crippen molar-refractivity contribution in [3.63, 3.8) is 0 Å². The number of nitrogens with zero attached hydrogens (tertiary/aromatic N) is 3. The molecule has 0 aromatic heterocycles. The third-order valence-electron chi connectivity index (χ3n) is 2.33. The Kier molecular flexibility index (Phi) is 5.04. The smallest absolute Gasteiger partial charge is 0.359 e. The van der Waals surface area contributed by atoms with Gasteiger partial charge in [0.15, 0.2) is 0 Å². The summed E-state index contributed by atoms with van der Waals surface area (Å²) >= 11 is 11.9. The van der Waals surface area contributed by atoms with Crippen LogP contribution in [0.25, 0.3) is 0 Å². The van der Waals surface area contributed by atoms with Crippen molar-refractivity contribution in [1.82, 2.24) is 0 Å². The predicted molar refractivity (Wildman–Crippen MR) is 83.5 cm³/mol. The number of oxime groups is 1. The topological polar surface area (TPSA) is 133 Å². The molecule has 11 heteroatoms. The number of carbonyl (C=O) groups excluding carboxylic acids is 2. The molecule has 1 aromatic carbocycles. The van der Waals surface area contributed by atoms with Gasteiger partial charge in [0.1, 0.15) is 5.69 Å².